The molecule has 5 heteroatoms. The maximum absolute atomic E-state index is 13.4. The summed E-state index contributed by atoms with van der Waals surface area (Å²) in [6.45, 7) is 0.678. The molecule has 0 heterocycles. The zero-order chi connectivity index (χ0) is 13.4. The molecule has 0 aromatic heterocycles. The first-order valence-electron chi connectivity index (χ1n) is 6.09. The van der Waals surface area contributed by atoms with Gasteiger partial charge < -0.3 is 11.1 Å². The van der Waals surface area contributed by atoms with E-state index < -0.39 is 5.82 Å². The fourth-order valence-electron chi connectivity index (χ4n) is 1.60. The van der Waals surface area contributed by atoms with Gasteiger partial charge >= 0.3 is 0 Å². The van der Waals surface area contributed by atoms with Crippen molar-refractivity contribution in [2.24, 2.45) is 5.73 Å². The standard InChI is InChI=1S/C13H18ClFN2O/c14-10-6-5-7-11(15)13(10)17-12(18)8-3-1-2-4-9-16/h5-7H,1-4,8-9,16H2,(H,17,18). The molecular weight excluding hydrogens is 255 g/mol. The summed E-state index contributed by atoms with van der Waals surface area (Å²) in [6, 6.07) is 4.31. The number of amides is 1. The summed E-state index contributed by atoms with van der Waals surface area (Å²) < 4.78 is 13.4. The van der Waals surface area contributed by atoms with Crippen molar-refractivity contribution in [1.29, 1.82) is 0 Å². The van der Waals surface area contributed by atoms with E-state index in [0.717, 1.165) is 25.7 Å². The molecule has 0 bridgehead atoms. The minimum atomic E-state index is -0.515. The molecule has 1 aromatic rings. The Morgan fingerprint density at radius 3 is 2.67 bits per heavy atom. The molecule has 1 amide bonds. The maximum atomic E-state index is 13.4. The Bertz CT molecular complexity index is 378. The van der Waals surface area contributed by atoms with Crippen LogP contribution in [-0.4, -0.2) is 12.5 Å². The van der Waals surface area contributed by atoms with Gasteiger partial charge in [0.2, 0.25) is 5.91 Å². The van der Waals surface area contributed by atoms with Gasteiger partial charge in [0.15, 0.2) is 0 Å². The highest BCUT2D eigenvalue weighted by molar-refractivity contribution is 6.33. The predicted octanol–water partition coefficient (Wildman–Crippen LogP) is 3.33. The molecule has 0 radical (unpaired) electrons. The Hall–Kier alpha value is -1.13. The van der Waals surface area contributed by atoms with Crippen molar-refractivity contribution >= 4 is 23.2 Å². The van der Waals surface area contributed by atoms with E-state index in [0.29, 0.717) is 13.0 Å². The number of hydrogen-bond acceptors (Lipinski definition) is 2. The average Bonchev–Trinajstić information content (AvgIpc) is 2.34. The zero-order valence-electron chi connectivity index (χ0n) is 10.2. The van der Waals surface area contributed by atoms with E-state index >= 15 is 0 Å². The zero-order valence-corrected chi connectivity index (χ0v) is 11.0. The second-order valence-electron chi connectivity index (χ2n) is 4.10. The minimum Gasteiger partial charge on any atom is -0.330 e. The first-order valence-corrected chi connectivity index (χ1v) is 6.47. The number of unbranched alkanes of at least 4 members (excludes halogenated alkanes) is 3. The van der Waals surface area contributed by atoms with Crippen LogP contribution in [0, 0.1) is 5.82 Å². The SMILES string of the molecule is NCCCCCCC(=O)Nc1c(F)cccc1Cl. The van der Waals surface area contributed by atoms with Crippen molar-refractivity contribution in [3.8, 4) is 0 Å². The van der Waals surface area contributed by atoms with Gasteiger partial charge in [0.25, 0.3) is 0 Å². The molecule has 0 atom stereocenters. The van der Waals surface area contributed by atoms with Crippen molar-refractivity contribution in [2.75, 3.05) is 11.9 Å². The van der Waals surface area contributed by atoms with Gasteiger partial charge in [-0.1, -0.05) is 30.5 Å². The molecule has 0 saturated carbocycles. The summed E-state index contributed by atoms with van der Waals surface area (Å²) in [5, 5.41) is 2.71. The molecule has 0 spiro atoms. The number of hydrogen-bond donors (Lipinski definition) is 2. The lowest BCUT2D eigenvalue weighted by Gasteiger charge is -2.08. The van der Waals surface area contributed by atoms with Crippen molar-refractivity contribution in [3.05, 3.63) is 29.0 Å². The van der Waals surface area contributed by atoms with E-state index in [1.165, 1.54) is 12.1 Å². The first-order chi connectivity index (χ1) is 8.65. The van der Waals surface area contributed by atoms with Crippen molar-refractivity contribution in [2.45, 2.75) is 32.1 Å². The number of anilines is 1. The Morgan fingerprint density at radius 1 is 1.28 bits per heavy atom. The number of benzene rings is 1. The number of para-hydroxylation sites is 1. The molecule has 3 nitrogen and oxygen atoms in total. The van der Waals surface area contributed by atoms with Gasteiger partial charge in [-0.05, 0) is 31.5 Å². The van der Waals surface area contributed by atoms with Gasteiger partial charge in [-0.2, -0.15) is 0 Å². The summed E-state index contributed by atoms with van der Waals surface area (Å²) in [6.07, 6.45) is 4.09. The van der Waals surface area contributed by atoms with E-state index in [1.807, 2.05) is 0 Å². The third kappa shape index (κ3) is 5.02. The fraction of sp³-hybridized carbons (Fsp3) is 0.462. The Kier molecular flexibility index (Phi) is 6.68. The molecule has 18 heavy (non-hydrogen) atoms. The molecule has 0 aliphatic heterocycles. The van der Waals surface area contributed by atoms with E-state index in [-0.39, 0.29) is 16.6 Å². The number of rotatable bonds is 7. The van der Waals surface area contributed by atoms with E-state index in [4.69, 9.17) is 17.3 Å². The summed E-state index contributed by atoms with van der Waals surface area (Å²) in [4.78, 5) is 11.6. The van der Waals surface area contributed by atoms with Crippen LogP contribution in [0.25, 0.3) is 0 Å². The first kappa shape index (κ1) is 14.9. The quantitative estimate of drug-likeness (QED) is 0.748. The van der Waals surface area contributed by atoms with Crippen LogP contribution in [-0.2, 0) is 4.79 Å². The molecule has 100 valence electrons. The highest BCUT2D eigenvalue weighted by Crippen LogP contribution is 2.24. The van der Waals surface area contributed by atoms with Gasteiger partial charge in [-0.25, -0.2) is 4.39 Å². The van der Waals surface area contributed by atoms with Gasteiger partial charge in [0.1, 0.15) is 5.82 Å². The monoisotopic (exact) mass is 272 g/mol. The van der Waals surface area contributed by atoms with Gasteiger partial charge in [-0.3, -0.25) is 4.79 Å². The van der Waals surface area contributed by atoms with Crippen LogP contribution in [0.2, 0.25) is 5.02 Å². The van der Waals surface area contributed by atoms with Crippen molar-refractivity contribution in [1.82, 2.24) is 0 Å². The average molecular weight is 273 g/mol. The minimum absolute atomic E-state index is 0.0612. The van der Waals surface area contributed by atoms with E-state index in [2.05, 4.69) is 5.32 Å². The van der Waals surface area contributed by atoms with Crippen molar-refractivity contribution < 1.29 is 9.18 Å². The number of carbonyl (C=O) groups excluding carboxylic acids is 1. The molecule has 0 aliphatic rings. The van der Waals surface area contributed by atoms with E-state index in [1.54, 1.807) is 6.07 Å². The predicted molar refractivity (Wildman–Crippen MR) is 72.2 cm³/mol. The lowest BCUT2D eigenvalue weighted by molar-refractivity contribution is -0.116. The molecular formula is C13H18ClFN2O. The molecule has 3 N–H and O–H groups in total. The van der Waals surface area contributed by atoms with Crippen LogP contribution in [0.3, 0.4) is 0 Å². The lowest BCUT2D eigenvalue weighted by atomic mass is 10.1. The van der Waals surface area contributed by atoms with Gasteiger partial charge in [0.05, 0.1) is 10.7 Å². The van der Waals surface area contributed by atoms with Gasteiger partial charge in [-0.15, -0.1) is 0 Å². The molecule has 0 fully saturated rings. The van der Waals surface area contributed by atoms with Crippen LogP contribution >= 0.6 is 11.6 Å². The molecule has 0 aliphatic carbocycles. The molecule has 0 saturated heterocycles. The lowest BCUT2D eigenvalue weighted by Crippen LogP contribution is -2.12. The van der Waals surface area contributed by atoms with Gasteiger partial charge in [0, 0.05) is 6.42 Å². The molecule has 1 aromatic carbocycles. The number of nitrogens with two attached hydrogens (primary N) is 1. The number of carbonyl (C=O) groups is 1. The summed E-state index contributed by atoms with van der Waals surface area (Å²) in [5.74, 6) is -0.728. The van der Waals surface area contributed by atoms with Crippen LogP contribution < -0.4 is 11.1 Å². The second-order valence-corrected chi connectivity index (χ2v) is 4.50. The molecule has 0 unspecified atom stereocenters. The second kappa shape index (κ2) is 8.06. The highest BCUT2D eigenvalue weighted by atomic mass is 35.5. The Morgan fingerprint density at radius 2 is 2.00 bits per heavy atom. The van der Waals surface area contributed by atoms with Crippen LogP contribution in [0.4, 0.5) is 10.1 Å². The largest absolute Gasteiger partial charge is 0.330 e. The smallest absolute Gasteiger partial charge is 0.224 e. The Labute approximate surface area is 112 Å². The van der Waals surface area contributed by atoms with Crippen LogP contribution in [0.1, 0.15) is 32.1 Å². The summed E-state index contributed by atoms with van der Waals surface area (Å²) in [5.41, 5.74) is 5.43. The molecule has 1 rings (SSSR count). The third-order valence-corrected chi connectivity index (χ3v) is 2.90. The summed E-state index contributed by atoms with van der Waals surface area (Å²) in [7, 11) is 0. The highest BCUT2D eigenvalue weighted by Gasteiger charge is 2.10. The number of nitrogens with one attached hydrogen (secondary N) is 1. The van der Waals surface area contributed by atoms with Crippen LogP contribution in [0.15, 0.2) is 18.2 Å². The van der Waals surface area contributed by atoms with E-state index in [9.17, 15) is 9.18 Å². The third-order valence-electron chi connectivity index (χ3n) is 2.59. The normalized spacial score (nSPS) is 10.4. The summed E-state index contributed by atoms with van der Waals surface area (Å²) >= 11 is 5.81. The van der Waals surface area contributed by atoms with Crippen LogP contribution in [0.5, 0.6) is 0 Å². The topological polar surface area (TPSA) is 55.1 Å². The fourth-order valence-corrected chi connectivity index (χ4v) is 1.81. The van der Waals surface area contributed by atoms with Crippen molar-refractivity contribution in [3.63, 3.8) is 0 Å². The Balaban J connectivity index is 2.36. The maximum Gasteiger partial charge on any atom is 0.224 e. The number of halogens is 2.